The highest BCUT2D eigenvalue weighted by atomic mass is 32.2. The molecule has 1 saturated heterocycles. The van der Waals surface area contributed by atoms with Crippen LogP contribution in [0.15, 0.2) is 0 Å². The van der Waals surface area contributed by atoms with Crippen molar-refractivity contribution in [2.45, 2.75) is 76.7 Å². The summed E-state index contributed by atoms with van der Waals surface area (Å²) in [5.41, 5.74) is 1.49. The van der Waals surface area contributed by atoms with Crippen LogP contribution in [-0.4, -0.2) is 43.3 Å². The van der Waals surface area contributed by atoms with E-state index in [4.69, 9.17) is 9.97 Å². The summed E-state index contributed by atoms with van der Waals surface area (Å²) in [5, 5.41) is 1.29. The smallest absolute Gasteiger partial charge is 0.211 e. The first-order valence-corrected chi connectivity index (χ1v) is 13.6. The van der Waals surface area contributed by atoms with E-state index in [9.17, 15) is 8.42 Å². The Balaban J connectivity index is 1.42. The molecule has 158 valence electrons. The minimum absolute atomic E-state index is 0.0411. The number of nitrogens with zero attached hydrogens (tertiary/aromatic N) is 3. The Hall–Kier alpha value is -1.25. The number of aromatic nitrogens is 2. The summed E-state index contributed by atoms with van der Waals surface area (Å²) in [7, 11) is -3.15. The van der Waals surface area contributed by atoms with Crippen molar-refractivity contribution in [1.29, 1.82) is 0 Å². The molecule has 1 N–H and O–H groups in total. The third-order valence-corrected chi connectivity index (χ3v) is 9.19. The van der Waals surface area contributed by atoms with Gasteiger partial charge >= 0.3 is 0 Å². The molecule has 2 aliphatic carbocycles. The maximum absolute atomic E-state index is 12.1. The summed E-state index contributed by atoms with van der Waals surface area (Å²) in [6.07, 6.45) is 9.58. The predicted molar refractivity (Wildman–Crippen MR) is 118 cm³/mol. The van der Waals surface area contributed by atoms with Crippen LogP contribution in [0, 0.1) is 0 Å². The van der Waals surface area contributed by atoms with Gasteiger partial charge < -0.3 is 4.90 Å². The van der Waals surface area contributed by atoms with Crippen molar-refractivity contribution in [2.75, 3.05) is 23.7 Å². The molecule has 3 heterocycles. The Morgan fingerprint density at radius 3 is 2.59 bits per heavy atom. The summed E-state index contributed by atoms with van der Waals surface area (Å²) in [6.45, 7) is 3.60. The fourth-order valence-electron chi connectivity index (χ4n) is 4.70. The highest BCUT2D eigenvalue weighted by Gasteiger charge is 2.32. The Bertz CT molecular complexity index is 1010. The number of piperidine rings is 1. The molecule has 0 radical (unpaired) electrons. The van der Waals surface area contributed by atoms with Gasteiger partial charge in [0.25, 0.3) is 0 Å². The van der Waals surface area contributed by atoms with Crippen molar-refractivity contribution in [2.24, 2.45) is 0 Å². The lowest BCUT2D eigenvalue weighted by molar-refractivity contribution is 0.458. The molecule has 6 nitrogen and oxygen atoms in total. The molecule has 0 spiro atoms. The van der Waals surface area contributed by atoms with Gasteiger partial charge in [0.1, 0.15) is 16.5 Å². The van der Waals surface area contributed by atoms with E-state index >= 15 is 0 Å². The van der Waals surface area contributed by atoms with Gasteiger partial charge in [0, 0.05) is 29.9 Å². The average molecular weight is 435 g/mol. The molecule has 2 aromatic heterocycles. The number of sulfonamides is 1. The molecule has 3 aliphatic rings. The molecular weight excluding hydrogens is 404 g/mol. The molecule has 0 amide bonds. The van der Waals surface area contributed by atoms with Crippen LogP contribution in [0.5, 0.6) is 0 Å². The molecule has 0 atom stereocenters. The second kappa shape index (κ2) is 7.78. The average Bonchev–Trinajstić information content (AvgIpc) is 3.48. The number of hydrogen-bond donors (Lipinski definition) is 1. The van der Waals surface area contributed by atoms with Gasteiger partial charge in [-0.2, -0.15) is 0 Å². The van der Waals surface area contributed by atoms with E-state index in [1.165, 1.54) is 52.8 Å². The zero-order chi connectivity index (χ0) is 20.0. The topological polar surface area (TPSA) is 75.2 Å². The standard InChI is InChI=1S/C21H30N4O2S2/c1-2-13-29(26,27)24-15-9-11-25(12-10-15)20-18-16-5-3-4-6-17(16)28-21(18)23-19(22-20)14-7-8-14/h14-15,24H,2-13H2,1H3. The van der Waals surface area contributed by atoms with E-state index in [0.29, 0.717) is 12.3 Å². The second-order valence-corrected chi connectivity index (χ2v) is 11.7. The molecule has 8 heteroatoms. The molecule has 1 saturated carbocycles. The monoisotopic (exact) mass is 434 g/mol. The number of nitrogens with one attached hydrogen (secondary N) is 1. The van der Waals surface area contributed by atoms with Crippen LogP contribution in [0.4, 0.5) is 5.82 Å². The molecule has 0 unspecified atom stereocenters. The molecule has 29 heavy (non-hydrogen) atoms. The van der Waals surface area contributed by atoms with Crippen molar-refractivity contribution in [3.63, 3.8) is 0 Å². The minimum Gasteiger partial charge on any atom is -0.356 e. The van der Waals surface area contributed by atoms with Gasteiger partial charge in [-0.15, -0.1) is 11.3 Å². The molecule has 2 aromatic rings. The van der Waals surface area contributed by atoms with Gasteiger partial charge in [-0.1, -0.05) is 6.92 Å². The van der Waals surface area contributed by atoms with Gasteiger partial charge in [-0.3, -0.25) is 0 Å². The van der Waals surface area contributed by atoms with Crippen molar-refractivity contribution in [1.82, 2.24) is 14.7 Å². The summed E-state index contributed by atoms with van der Waals surface area (Å²) in [6, 6.07) is 0.0411. The van der Waals surface area contributed by atoms with E-state index < -0.39 is 10.0 Å². The lowest BCUT2D eigenvalue weighted by Crippen LogP contribution is -2.45. The zero-order valence-corrected chi connectivity index (χ0v) is 18.7. The van der Waals surface area contributed by atoms with Crippen LogP contribution in [0.25, 0.3) is 10.2 Å². The number of anilines is 1. The third-order valence-electron chi connectivity index (χ3n) is 6.37. The number of hydrogen-bond acceptors (Lipinski definition) is 6. The fourth-order valence-corrected chi connectivity index (χ4v) is 7.36. The molecule has 1 aliphatic heterocycles. The molecule has 5 rings (SSSR count). The van der Waals surface area contributed by atoms with Crippen molar-refractivity contribution < 1.29 is 8.42 Å². The zero-order valence-electron chi connectivity index (χ0n) is 17.1. The Kier molecular flexibility index (Phi) is 5.28. The lowest BCUT2D eigenvalue weighted by atomic mass is 9.96. The Labute approximate surface area is 177 Å². The van der Waals surface area contributed by atoms with Crippen LogP contribution in [0.2, 0.25) is 0 Å². The van der Waals surface area contributed by atoms with E-state index in [1.54, 1.807) is 0 Å². The first kappa shape index (κ1) is 19.7. The van der Waals surface area contributed by atoms with Crippen molar-refractivity contribution in [3.8, 4) is 0 Å². The third kappa shape index (κ3) is 4.03. The maximum atomic E-state index is 12.1. The predicted octanol–water partition coefficient (Wildman–Crippen LogP) is 3.75. The van der Waals surface area contributed by atoms with Crippen LogP contribution < -0.4 is 9.62 Å². The number of fused-ring (bicyclic) bond motifs is 3. The van der Waals surface area contributed by atoms with Gasteiger partial charge in [0.15, 0.2) is 0 Å². The highest BCUT2D eigenvalue weighted by Crippen LogP contribution is 2.44. The van der Waals surface area contributed by atoms with E-state index in [1.807, 2.05) is 18.3 Å². The quantitative estimate of drug-likeness (QED) is 0.749. The summed E-state index contributed by atoms with van der Waals surface area (Å²) in [4.78, 5) is 15.1. The van der Waals surface area contributed by atoms with Crippen molar-refractivity contribution >= 4 is 37.4 Å². The second-order valence-electron chi connectivity index (χ2n) is 8.77. The van der Waals surface area contributed by atoms with Gasteiger partial charge in [-0.05, 0) is 63.4 Å². The van der Waals surface area contributed by atoms with Gasteiger partial charge in [0.05, 0.1) is 11.1 Å². The normalized spacial score (nSPS) is 20.9. The molecular formula is C21H30N4O2S2. The SMILES string of the molecule is CCCS(=O)(=O)NC1CCN(c2nc(C3CC3)nc3sc4c(c23)CCCC4)CC1. The number of aryl methyl sites for hydroxylation is 2. The fraction of sp³-hybridized carbons (Fsp3) is 0.714. The first-order valence-electron chi connectivity index (χ1n) is 11.1. The number of thiophene rings is 1. The molecule has 2 fully saturated rings. The molecule has 0 bridgehead atoms. The lowest BCUT2D eigenvalue weighted by Gasteiger charge is -2.33. The summed E-state index contributed by atoms with van der Waals surface area (Å²) >= 11 is 1.88. The minimum atomic E-state index is -3.15. The van der Waals surface area contributed by atoms with Crippen LogP contribution in [0.1, 0.15) is 74.1 Å². The summed E-state index contributed by atoms with van der Waals surface area (Å²) in [5.74, 6) is 2.89. The van der Waals surface area contributed by atoms with Crippen LogP contribution in [-0.2, 0) is 22.9 Å². The van der Waals surface area contributed by atoms with Gasteiger partial charge in [-0.25, -0.2) is 23.1 Å². The first-order chi connectivity index (χ1) is 14.0. The Morgan fingerprint density at radius 2 is 1.86 bits per heavy atom. The maximum Gasteiger partial charge on any atom is 0.211 e. The van der Waals surface area contributed by atoms with Crippen LogP contribution >= 0.6 is 11.3 Å². The summed E-state index contributed by atoms with van der Waals surface area (Å²) < 4.78 is 27.2. The molecule has 0 aromatic carbocycles. The van der Waals surface area contributed by atoms with E-state index in [2.05, 4.69) is 9.62 Å². The largest absolute Gasteiger partial charge is 0.356 e. The number of rotatable bonds is 6. The van der Waals surface area contributed by atoms with E-state index in [0.717, 1.165) is 44.0 Å². The van der Waals surface area contributed by atoms with E-state index in [-0.39, 0.29) is 11.8 Å². The Morgan fingerprint density at radius 1 is 1.10 bits per heavy atom. The van der Waals surface area contributed by atoms with Crippen LogP contribution in [0.3, 0.4) is 0 Å². The van der Waals surface area contributed by atoms with Crippen molar-refractivity contribution in [3.05, 3.63) is 16.3 Å². The highest BCUT2D eigenvalue weighted by molar-refractivity contribution is 7.89. The van der Waals surface area contributed by atoms with Gasteiger partial charge in [0.2, 0.25) is 10.0 Å².